The number of rotatable bonds is 4. The molecule has 1 aliphatic rings. The Morgan fingerprint density at radius 1 is 1.12 bits per heavy atom. The largest absolute Gasteiger partial charge is 0.490 e. The van der Waals surface area contributed by atoms with Crippen LogP contribution in [0.1, 0.15) is 18.5 Å². The third-order valence-corrected chi connectivity index (χ3v) is 5.12. The van der Waals surface area contributed by atoms with Crippen LogP contribution >= 0.6 is 0 Å². The van der Waals surface area contributed by atoms with E-state index in [1.54, 1.807) is 13.1 Å². The minimum absolute atomic E-state index is 0.0732. The van der Waals surface area contributed by atoms with Gasteiger partial charge in [0.2, 0.25) is 0 Å². The Bertz CT molecular complexity index is 967. The standard InChI is InChI=1S/C20H24N4O2/c1-22-11-10-17-18(22)4-3-5-19(17)26-16-8-12-24(13-9-16)14-15-6-7-20(25)23(2)21-15/h3-7,10-11,16H,8-9,12-14H2,1-2H3. The zero-order chi connectivity index (χ0) is 18.1. The number of aryl methyl sites for hydroxylation is 2. The lowest BCUT2D eigenvalue weighted by Gasteiger charge is -2.32. The van der Waals surface area contributed by atoms with E-state index in [1.807, 2.05) is 6.07 Å². The van der Waals surface area contributed by atoms with Crippen LogP contribution in [0.5, 0.6) is 5.75 Å². The molecule has 6 heteroatoms. The minimum atomic E-state index is -0.0732. The molecule has 3 heterocycles. The van der Waals surface area contributed by atoms with Crippen molar-refractivity contribution in [3.05, 3.63) is 58.6 Å². The van der Waals surface area contributed by atoms with Crippen molar-refractivity contribution in [3.8, 4) is 5.75 Å². The Morgan fingerprint density at radius 3 is 2.69 bits per heavy atom. The number of benzene rings is 1. The van der Waals surface area contributed by atoms with Gasteiger partial charge in [0.25, 0.3) is 5.56 Å². The molecule has 0 unspecified atom stereocenters. The van der Waals surface area contributed by atoms with E-state index in [2.05, 4.69) is 52.1 Å². The number of fused-ring (bicyclic) bond motifs is 1. The lowest BCUT2D eigenvalue weighted by molar-refractivity contribution is 0.0969. The van der Waals surface area contributed by atoms with Crippen molar-refractivity contribution in [2.45, 2.75) is 25.5 Å². The van der Waals surface area contributed by atoms with Gasteiger partial charge in [-0.1, -0.05) is 6.07 Å². The summed E-state index contributed by atoms with van der Waals surface area (Å²) < 4.78 is 9.82. The summed E-state index contributed by atoms with van der Waals surface area (Å²) in [5.41, 5.74) is 2.05. The number of hydrogen-bond donors (Lipinski definition) is 0. The van der Waals surface area contributed by atoms with Gasteiger partial charge >= 0.3 is 0 Å². The van der Waals surface area contributed by atoms with Gasteiger partial charge in [-0.2, -0.15) is 5.10 Å². The highest BCUT2D eigenvalue weighted by Gasteiger charge is 2.21. The monoisotopic (exact) mass is 352 g/mol. The predicted octanol–water partition coefficient (Wildman–Crippen LogP) is 2.32. The molecule has 0 N–H and O–H groups in total. The van der Waals surface area contributed by atoms with E-state index in [-0.39, 0.29) is 11.7 Å². The predicted molar refractivity (Wildman–Crippen MR) is 101 cm³/mol. The van der Waals surface area contributed by atoms with E-state index in [1.165, 1.54) is 15.6 Å². The topological polar surface area (TPSA) is 52.3 Å². The summed E-state index contributed by atoms with van der Waals surface area (Å²) in [4.78, 5) is 13.8. The zero-order valence-corrected chi connectivity index (χ0v) is 15.3. The van der Waals surface area contributed by atoms with Gasteiger partial charge in [0.05, 0.1) is 11.2 Å². The number of likely N-dealkylation sites (tertiary alicyclic amines) is 1. The molecule has 0 saturated carbocycles. The maximum atomic E-state index is 11.4. The van der Waals surface area contributed by atoms with Crippen molar-refractivity contribution in [2.75, 3.05) is 13.1 Å². The van der Waals surface area contributed by atoms with Crippen LogP contribution in [-0.4, -0.2) is 38.4 Å². The van der Waals surface area contributed by atoms with Crippen LogP contribution in [0.25, 0.3) is 10.9 Å². The fraction of sp³-hybridized carbons (Fsp3) is 0.400. The van der Waals surface area contributed by atoms with Crippen molar-refractivity contribution in [1.29, 1.82) is 0 Å². The zero-order valence-electron chi connectivity index (χ0n) is 15.3. The molecule has 136 valence electrons. The highest BCUT2D eigenvalue weighted by Crippen LogP contribution is 2.28. The van der Waals surface area contributed by atoms with Gasteiger partial charge in [0, 0.05) is 51.4 Å². The molecule has 0 aliphatic carbocycles. The van der Waals surface area contributed by atoms with Crippen molar-refractivity contribution in [2.24, 2.45) is 14.1 Å². The van der Waals surface area contributed by atoms with Gasteiger partial charge in [0.15, 0.2) is 0 Å². The Hall–Kier alpha value is -2.60. The van der Waals surface area contributed by atoms with Crippen LogP contribution in [0.15, 0.2) is 47.4 Å². The van der Waals surface area contributed by atoms with Gasteiger partial charge in [-0.25, -0.2) is 4.68 Å². The smallest absolute Gasteiger partial charge is 0.266 e. The SMILES string of the molecule is Cn1nc(CN2CCC(Oc3cccc4c3ccn4C)CC2)ccc1=O. The number of piperidine rings is 1. The average molecular weight is 352 g/mol. The Balaban J connectivity index is 1.37. The fourth-order valence-electron chi connectivity index (χ4n) is 3.61. The number of nitrogens with zero attached hydrogens (tertiary/aromatic N) is 4. The van der Waals surface area contributed by atoms with Crippen LogP contribution in [0.4, 0.5) is 0 Å². The molecule has 1 aliphatic heterocycles. The van der Waals surface area contributed by atoms with Gasteiger partial charge in [-0.05, 0) is 37.1 Å². The van der Waals surface area contributed by atoms with Crippen molar-refractivity contribution >= 4 is 10.9 Å². The molecule has 0 atom stereocenters. The average Bonchev–Trinajstić information content (AvgIpc) is 3.02. The van der Waals surface area contributed by atoms with Crippen LogP contribution in [-0.2, 0) is 20.6 Å². The Labute approximate surface area is 152 Å². The molecule has 3 aromatic rings. The minimum Gasteiger partial charge on any atom is -0.490 e. The molecule has 0 spiro atoms. The van der Waals surface area contributed by atoms with Crippen LogP contribution in [0, 0.1) is 0 Å². The highest BCUT2D eigenvalue weighted by molar-refractivity contribution is 5.86. The van der Waals surface area contributed by atoms with Gasteiger partial charge in [-0.3, -0.25) is 9.69 Å². The summed E-state index contributed by atoms with van der Waals surface area (Å²) in [6.07, 6.45) is 4.30. The number of ether oxygens (including phenoxy) is 1. The molecule has 0 bridgehead atoms. The van der Waals surface area contributed by atoms with Gasteiger partial charge in [0.1, 0.15) is 11.9 Å². The Morgan fingerprint density at radius 2 is 1.92 bits per heavy atom. The Kier molecular flexibility index (Phi) is 4.51. The summed E-state index contributed by atoms with van der Waals surface area (Å²) in [6.45, 7) is 2.72. The summed E-state index contributed by atoms with van der Waals surface area (Å²) in [5, 5.41) is 5.49. The second kappa shape index (κ2) is 6.96. The van der Waals surface area contributed by atoms with E-state index >= 15 is 0 Å². The van der Waals surface area contributed by atoms with Gasteiger partial charge in [-0.15, -0.1) is 0 Å². The third-order valence-electron chi connectivity index (χ3n) is 5.12. The van der Waals surface area contributed by atoms with E-state index in [9.17, 15) is 4.79 Å². The summed E-state index contributed by atoms with van der Waals surface area (Å²) >= 11 is 0. The fourth-order valence-corrected chi connectivity index (χ4v) is 3.61. The van der Waals surface area contributed by atoms with Crippen LogP contribution in [0.2, 0.25) is 0 Å². The lowest BCUT2D eigenvalue weighted by Crippen LogP contribution is -2.38. The molecule has 1 fully saturated rings. The van der Waals surface area contributed by atoms with Crippen molar-refractivity contribution in [3.63, 3.8) is 0 Å². The van der Waals surface area contributed by atoms with E-state index in [4.69, 9.17) is 4.74 Å². The van der Waals surface area contributed by atoms with E-state index in [0.29, 0.717) is 0 Å². The maximum absolute atomic E-state index is 11.4. The molecular weight excluding hydrogens is 328 g/mol. The first-order valence-corrected chi connectivity index (χ1v) is 9.06. The first-order valence-electron chi connectivity index (χ1n) is 9.06. The number of hydrogen-bond acceptors (Lipinski definition) is 4. The number of aromatic nitrogens is 3. The second-order valence-electron chi connectivity index (χ2n) is 7.00. The van der Waals surface area contributed by atoms with Gasteiger partial charge < -0.3 is 9.30 Å². The molecular formula is C20H24N4O2. The molecule has 26 heavy (non-hydrogen) atoms. The van der Waals surface area contributed by atoms with Crippen molar-refractivity contribution < 1.29 is 4.74 Å². The summed E-state index contributed by atoms with van der Waals surface area (Å²) in [5.74, 6) is 0.973. The third kappa shape index (κ3) is 3.37. The molecule has 2 aromatic heterocycles. The first kappa shape index (κ1) is 16.8. The maximum Gasteiger partial charge on any atom is 0.266 e. The molecule has 4 rings (SSSR count). The molecule has 6 nitrogen and oxygen atoms in total. The van der Waals surface area contributed by atoms with Crippen molar-refractivity contribution in [1.82, 2.24) is 19.2 Å². The van der Waals surface area contributed by atoms with Crippen LogP contribution in [0.3, 0.4) is 0 Å². The second-order valence-corrected chi connectivity index (χ2v) is 7.00. The highest BCUT2D eigenvalue weighted by atomic mass is 16.5. The first-order chi connectivity index (χ1) is 12.6. The molecule has 0 amide bonds. The lowest BCUT2D eigenvalue weighted by atomic mass is 10.1. The normalized spacial score (nSPS) is 16.2. The molecule has 0 radical (unpaired) electrons. The molecule has 1 saturated heterocycles. The quantitative estimate of drug-likeness (QED) is 0.723. The molecule has 1 aromatic carbocycles. The van der Waals surface area contributed by atoms with E-state index in [0.717, 1.165) is 43.9 Å². The summed E-state index contributed by atoms with van der Waals surface area (Å²) in [6, 6.07) is 11.7. The van der Waals surface area contributed by atoms with E-state index < -0.39 is 0 Å². The summed E-state index contributed by atoms with van der Waals surface area (Å²) in [7, 11) is 3.74. The van der Waals surface area contributed by atoms with Crippen LogP contribution < -0.4 is 10.3 Å².